The minimum Gasteiger partial charge on any atom is -0.123 e. The molecule has 62 valence electrons. The summed E-state index contributed by atoms with van der Waals surface area (Å²) < 4.78 is -0.615. The molecule has 0 aromatic carbocycles. The zero-order valence-electron chi connectivity index (χ0n) is 6.33. The van der Waals surface area contributed by atoms with Crippen LogP contribution in [-0.2, 0) is 0 Å². The Kier molecular flexibility index (Phi) is 5.10. The summed E-state index contributed by atoms with van der Waals surface area (Å²) >= 11 is 17.6. The van der Waals surface area contributed by atoms with Crippen LogP contribution in [0, 0.1) is 0 Å². The predicted molar refractivity (Wildman–Crippen MR) is 49.3 cm³/mol. The first-order chi connectivity index (χ1) is 4.48. The molecule has 0 aliphatic rings. The largest absolute Gasteiger partial charge is 0.123 e. The van der Waals surface area contributed by atoms with Gasteiger partial charge in [0, 0.05) is 5.38 Å². The Balaban J connectivity index is 3.63. The van der Waals surface area contributed by atoms with Crippen LogP contribution in [0.15, 0.2) is 0 Å². The fourth-order valence-electron chi connectivity index (χ4n) is 0.879. The molecular weight excluding hydrogens is 190 g/mol. The second kappa shape index (κ2) is 4.69. The summed E-state index contributed by atoms with van der Waals surface area (Å²) in [6, 6.07) is 0. The molecule has 1 unspecified atom stereocenters. The molecule has 0 rings (SSSR count). The summed E-state index contributed by atoms with van der Waals surface area (Å²) in [5.74, 6) is 0. The lowest BCUT2D eigenvalue weighted by molar-refractivity contribution is 0.620. The van der Waals surface area contributed by atoms with Gasteiger partial charge in [0.1, 0.15) is 4.33 Å². The van der Waals surface area contributed by atoms with E-state index in [1.807, 2.05) is 6.92 Å². The van der Waals surface area contributed by atoms with E-state index in [9.17, 15) is 0 Å². The molecule has 0 spiro atoms. The third-order valence-electron chi connectivity index (χ3n) is 1.20. The van der Waals surface area contributed by atoms with Crippen molar-refractivity contribution < 1.29 is 0 Å². The van der Waals surface area contributed by atoms with E-state index in [1.165, 1.54) is 0 Å². The van der Waals surface area contributed by atoms with Gasteiger partial charge in [-0.2, -0.15) is 0 Å². The van der Waals surface area contributed by atoms with Crippen LogP contribution in [0.5, 0.6) is 0 Å². The normalized spacial score (nSPS) is 15.3. The quantitative estimate of drug-likeness (QED) is 0.607. The van der Waals surface area contributed by atoms with Gasteiger partial charge in [-0.25, -0.2) is 0 Å². The maximum Gasteiger partial charge on any atom is 0.119 e. The van der Waals surface area contributed by atoms with E-state index in [-0.39, 0.29) is 5.38 Å². The number of hydrogen-bond donors (Lipinski definition) is 0. The number of alkyl halides is 3. The predicted octanol–water partition coefficient (Wildman–Crippen LogP) is 3.98. The molecule has 0 saturated heterocycles. The van der Waals surface area contributed by atoms with Crippen LogP contribution in [0.4, 0.5) is 0 Å². The van der Waals surface area contributed by atoms with E-state index in [2.05, 4.69) is 6.92 Å². The molecule has 0 aromatic heterocycles. The highest BCUT2D eigenvalue weighted by molar-refractivity contribution is 6.48. The van der Waals surface area contributed by atoms with Gasteiger partial charge in [-0.1, -0.05) is 13.3 Å². The third kappa shape index (κ3) is 5.64. The van der Waals surface area contributed by atoms with Crippen molar-refractivity contribution in [2.45, 2.75) is 42.8 Å². The summed E-state index contributed by atoms with van der Waals surface area (Å²) in [5, 5.41) is 0.0570. The Morgan fingerprint density at radius 3 is 2.20 bits per heavy atom. The molecule has 1 atom stereocenters. The van der Waals surface area contributed by atoms with Crippen LogP contribution in [0.25, 0.3) is 0 Å². The van der Waals surface area contributed by atoms with E-state index in [4.69, 9.17) is 34.8 Å². The average molecular weight is 204 g/mol. The molecule has 0 heterocycles. The second-order valence-corrected chi connectivity index (χ2v) is 4.98. The molecule has 0 fully saturated rings. The fraction of sp³-hybridized carbons (Fsp3) is 1.00. The smallest absolute Gasteiger partial charge is 0.119 e. The molecule has 3 heteroatoms. The molecule has 0 aliphatic heterocycles. The van der Waals surface area contributed by atoms with Gasteiger partial charge in [0.15, 0.2) is 0 Å². The first-order valence-corrected chi connectivity index (χ1v) is 4.69. The highest BCUT2D eigenvalue weighted by Gasteiger charge is 2.24. The zero-order valence-corrected chi connectivity index (χ0v) is 8.60. The summed E-state index contributed by atoms with van der Waals surface area (Å²) in [4.78, 5) is 0. The third-order valence-corrected chi connectivity index (χ3v) is 2.04. The lowest BCUT2D eigenvalue weighted by atomic mass is 10.1. The average Bonchev–Trinajstić information content (AvgIpc) is 1.59. The second-order valence-electron chi connectivity index (χ2n) is 2.59. The Labute approximate surface area is 77.8 Å². The summed E-state index contributed by atoms with van der Waals surface area (Å²) in [5.41, 5.74) is 0. The number of rotatable bonds is 4. The zero-order chi connectivity index (χ0) is 8.20. The molecule has 0 radical (unpaired) electrons. The fourth-order valence-corrected chi connectivity index (χ4v) is 2.14. The van der Waals surface area contributed by atoms with Crippen molar-refractivity contribution in [2.75, 3.05) is 0 Å². The molecular formula is C7H13Cl3. The lowest BCUT2D eigenvalue weighted by Gasteiger charge is -2.19. The van der Waals surface area contributed by atoms with Crippen molar-refractivity contribution >= 4 is 34.8 Å². The monoisotopic (exact) mass is 202 g/mol. The van der Waals surface area contributed by atoms with Gasteiger partial charge >= 0.3 is 0 Å². The maximum absolute atomic E-state index is 5.91. The van der Waals surface area contributed by atoms with E-state index in [0.717, 1.165) is 12.8 Å². The van der Waals surface area contributed by atoms with Crippen molar-refractivity contribution in [3.8, 4) is 0 Å². The highest BCUT2D eigenvalue weighted by Crippen LogP contribution is 2.33. The van der Waals surface area contributed by atoms with Gasteiger partial charge in [0.05, 0.1) is 0 Å². The van der Waals surface area contributed by atoms with Crippen molar-refractivity contribution in [2.24, 2.45) is 0 Å². The van der Waals surface area contributed by atoms with Crippen molar-refractivity contribution in [3.05, 3.63) is 0 Å². The summed E-state index contributed by atoms with van der Waals surface area (Å²) in [6.07, 6.45) is 2.47. The van der Waals surface area contributed by atoms with Crippen LogP contribution >= 0.6 is 34.8 Å². The van der Waals surface area contributed by atoms with Crippen LogP contribution in [0.1, 0.15) is 33.1 Å². The number of halogens is 3. The van der Waals surface area contributed by atoms with Crippen molar-refractivity contribution in [3.63, 3.8) is 0 Å². The van der Waals surface area contributed by atoms with Gasteiger partial charge in [0.25, 0.3) is 0 Å². The van der Waals surface area contributed by atoms with Crippen molar-refractivity contribution in [1.29, 1.82) is 0 Å². The van der Waals surface area contributed by atoms with Gasteiger partial charge in [-0.3, -0.25) is 0 Å². The minimum absolute atomic E-state index is 0.0570. The van der Waals surface area contributed by atoms with E-state index >= 15 is 0 Å². The lowest BCUT2D eigenvalue weighted by Crippen LogP contribution is -2.16. The van der Waals surface area contributed by atoms with Gasteiger partial charge in [-0.05, 0) is 19.8 Å². The van der Waals surface area contributed by atoms with Crippen LogP contribution in [0.2, 0.25) is 0 Å². The molecule has 0 aliphatic carbocycles. The van der Waals surface area contributed by atoms with Crippen molar-refractivity contribution in [1.82, 2.24) is 0 Å². The molecule has 0 aromatic rings. The van der Waals surface area contributed by atoms with E-state index in [0.29, 0.717) is 6.42 Å². The summed E-state index contributed by atoms with van der Waals surface area (Å²) in [7, 11) is 0. The SMILES string of the molecule is CCCC(Cl)(Cl)CC(C)Cl. The Morgan fingerprint density at radius 2 is 1.90 bits per heavy atom. The van der Waals surface area contributed by atoms with Crippen LogP contribution in [0.3, 0.4) is 0 Å². The van der Waals surface area contributed by atoms with Crippen LogP contribution in [-0.4, -0.2) is 9.71 Å². The topological polar surface area (TPSA) is 0 Å². The number of hydrogen-bond acceptors (Lipinski definition) is 0. The summed E-state index contributed by atoms with van der Waals surface area (Å²) in [6.45, 7) is 3.95. The first kappa shape index (κ1) is 10.9. The van der Waals surface area contributed by atoms with E-state index in [1.54, 1.807) is 0 Å². The molecule has 0 saturated carbocycles. The molecule has 0 bridgehead atoms. The molecule has 0 nitrogen and oxygen atoms in total. The Hall–Kier alpha value is 0.870. The van der Waals surface area contributed by atoms with Gasteiger partial charge < -0.3 is 0 Å². The molecule has 0 amide bonds. The minimum atomic E-state index is -0.615. The standard InChI is InChI=1S/C7H13Cl3/c1-3-4-7(9,10)5-6(2)8/h6H,3-5H2,1-2H3. The molecule has 10 heavy (non-hydrogen) atoms. The first-order valence-electron chi connectivity index (χ1n) is 3.50. The van der Waals surface area contributed by atoms with Gasteiger partial charge in [-0.15, -0.1) is 34.8 Å². The van der Waals surface area contributed by atoms with Crippen LogP contribution < -0.4 is 0 Å². The van der Waals surface area contributed by atoms with E-state index < -0.39 is 4.33 Å². The highest BCUT2D eigenvalue weighted by atomic mass is 35.5. The Bertz CT molecular complexity index is 88.9. The Morgan fingerprint density at radius 1 is 1.40 bits per heavy atom. The molecule has 0 N–H and O–H groups in total. The maximum atomic E-state index is 5.91. The van der Waals surface area contributed by atoms with Gasteiger partial charge in [0.2, 0.25) is 0 Å².